The Morgan fingerprint density at radius 3 is 2.53 bits per heavy atom. The number of nitrogens with zero attached hydrogens (tertiary/aromatic N) is 2. The summed E-state index contributed by atoms with van der Waals surface area (Å²) in [5.74, 6) is 0. The number of benzene rings is 1. The van der Waals surface area contributed by atoms with Crippen molar-refractivity contribution in [1.82, 2.24) is 0 Å². The lowest BCUT2D eigenvalue weighted by Crippen LogP contribution is -2.43. The summed E-state index contributed by atoms with van der Waals surface area (Å²) in [4.78, 5) is 4.86. The maximum atomic E-state index is 2.52. The van der Waals surface area contributed by atoms with Gasteiger partial charge in [0.2, 0.25) is 0 Å². The van der Waals surface area contributed by atoms with Crippen LogP contribution in [0.2, 0.25) is 0 Å². The zero-order valence-electron chi connectivity index (χ0n) is 9.90. The molecule has 15 heavy (non-hydrogen) atoms. The smallest absolute Gasteiger partial charge is 0.0607 e. The van der Waals surface area contributed by atoms with E-state index in [4.69, 9.17) is 0 Å². The molecule has 1 aromatic rings. The quantitative estimate of drug-likeness (QED) is 0.731. The third-order valence-corrected chi connectivity index (χ3v) is 3.40. The second-order valence-corrected chi connectivity index (χ2v) is 4.36. The summed E-state index contributed by atoms with van der Waals surface area (Å²) in [7, 11) is 2.17. The first-order valence-electron chi connectivity index (χ1n) is 5.81. The monoisotopic (exact) mass is 204 g/mol. The van der Waals surface area contributed by atoms with Crippen LogP contribution in [-0.4, -0.2) is 26.2 Å². The molecule has 0 aliphatic carbocycles. The van der Waals surface area contributed by atoms with Crippen LogP contribution in [0.25, 0.3) is 0 Å². The molecule has 1 unspecified atom stereocenters. The van der Waals surface area contributed by atoms with Gasteiger partial charge >= 0.3 is 0 Å². The molecule has 2 heteroatoms. The van der Waals surface area contributed by atoms with Gasteiger partial charge in [0.25, 0.3) is 0 Å². The first kappa shape index (κ1) is 10.3. The van der Waals surface area contributed by atoms with E-state index in [0.717, 1.165) is 13.1 Å². The minimum atomic E-state index is 0.639. The molecule has 2 rings (SSSR count). The second kappa shape index (κ2) is 4.13. The van der Waals surface area contributed by atoms with Gasteiger partial charge in [0, 0.05) is 26.2 Å². The van der Waals surface area contributed by atoms with Crippen LogP contribution in [0, 0.1) is 0 Å². The van der Waals surface area contributed by atoms with Crippen molar-refractivity contribution in [2.75, 3.05) is 29.9 Å². The molecule has 1 aliphatic rings. The number of hydrogen-bond acceptors (Lipinski definition) is 2. The molecule has 1 atom stereocenters. The normalized spacial score (nSPS) is 17.5. The molecular formula is C13H20N2. The highest BCUT2D eigenvalue weighted by Crippen LogP contribution is 2.33. The summed E-state index contributed by atoms with van der Waals surface area (Å²) in [6, 6.07) is 9.34. The van der Waals surface area contributed by atoms with Gasteiger partial charge in [-0.2, -0.15) is 0 Å². The van der Waals surface area contributed by atoms with E-state index in [9.17, 15) is 0 Å². The molecule has 0 fully saturated rings. The van der Waals surface area contributed by atoms with Crippen LogP contribution < -0.4 is 9.80 Å². The Labute approximate surface area is 92.5 Å². The highest BCUT2D eigenvalue weighted by Gasteiger charge is 2.22. The number of anilines is 2. The Balaban J connectivity index is 2.36. The fraction of sp³-hybridized carbons (Fsp3) is 0.538. The minimum Gasteiger partial charge on any atom is -0.371 e. The average molecular weight is 204 g/mol. The summed E-state index contributed by atoms with van der Waals surface area (Å²) >= 11 is 0. The zero-order chi connectivity index (χ0) is 10.8. The second-order valence-electron chi connectivity index (χ2n) is 4.36. The first-order chi connectivity index (χ1) is 7.24. The molecule has 1 aromatic carbocycles. The number of hydrogen-bond donors (Lipinski definition) is 0. The number of para-hydroxylation sites is 2. The summed E-state index contributed by atoms with van der Waals surface area (Å²) in [6.45, 7) is 6.83. The SMILES string of the molecule is CCC(C)N1CCN(C)c2ccccc21. The Hall–Kier alpha value is -1.18. The predicted molar refractivity (Wildman–Crippen MR) is 66.8 cm³/mol. The van der Waals surface area contributed by atoms with Gasteiger partial charge in [0.1, 0.15) is 0 Å². The molecule has 1 heterocycles. The molecule has 0 amide bonds. The lowest BCUT2D eigenvalue weighted by Gasteiger charge is -2.40. The van der Waals surface area contributed by atoms with Crippen LogP contribution in [0.3, 0.4) is 0 Å². The van der Waals surface area contributed by atoms with Crippen LogP contribution >= 0.6 is 0 Å². The van der Waals surface area contributed by atoms with Crippen LogP contribution in [0.15, 0.2) is 24.3 Å². The zero-order valence-corrected chi connectivity index (χ0v) is 9.90. The summed E-state index contributed by atoms with van der Waals surface area (Å²) in [6.07, 6.45) is 1.21. The lowest BCUT2D eigenvalue weighted by molar-refractivity contribution is 0.601. The first-order valence-corrected chi connectivity index (χ1v) is 5.81. The summed E-state index contributed by atoms with van der Waals surface area (Å²) in [5.41, 5.74) is 2.75. The highest BCUT2D eigenvalue weighted by atomic mass is 15.3. The third-order valence-electron chi connectivity index (χ3n) is 3.40. The molecule has 82 valence electrons. The van der Waals surface area contributed by atoms with E-state index >= 15 is 0 Å². The van der Waals surface area contributed by atoms with E-state index in [0.29, 0.717) is 6.04 Å². The van der Waals surface area contributed by atoms with E-state index in [2.05, 4.69) is 55.0 Å². The standard InChI is InChI=1S/C13H20N2/c1-4-11(2)15-10-9-14(3)12-7-5-6-8-13(12)15/h5-8,11H,4,9-10H2,1-3H3. The van der Waals surface area contributed by atoms with E-state index in [1.807, 2.05) is 0 Å². The van der Waals surface area contributed by atoms with Crippen molar-refractivity contribution in [2.24, 2.45) is 0 Å². The largest absolute Gasteiger partial charge is 0.371 e. The highest BCUT2D eigenvalue weighted by molar-refractivity contribution is 5.73. The fourth-order valence-electron chi connectivity index (χ4n) is 2.21. The van der Waals surface area contributed by atoms with Crippen LogP contribution in [0.1, 0.15) is 20.3 Å². The molecule has 0 saturated carbocycles. The number of likely N-dealkylation sites (N-methyl/N-ethyl adjacent to an activating group) is 1. The molecule has 0 spiro atoms. The Morgan fingerprint density at radius 2 is 1.87 bits per heavy atom. The van der Waals surface area contributed by atoms with Gasteiger partial charge < -0.3 is 9.80 Å². The maximum Gasteiger partial charge on any atom is 0.0607 e. The third kappa shape index (κ3) is 1.81. The lowest BCUT2D eigenvalue weighted by atomic mass is 10.1. The minimum absolute atomic E-state index is 0.639. The van der Waals surface area contributed by atoms with Crippen LogP contribution in [-0.2, 0) is 0 Å². The molecule has 0 aromatic heterocycles. The summed E-state index contributed by atoms with van der Waals surface area (Å²) < 4.78 is 0. The Kier molecular flexibility index (Phi) is 2.85. The maximum absolute atomic E-state index is 2.52. The molecule has 1 aliphatic heterocycles. The van der Waals surface area contributed by atoms with Crippen molar-refractivity contribution in [2.45, 2.75) is 26.3 Å². The van der Waals surface area contributed by atoms with Crippen molar-refractivity contribution < 1.29 is 0 Å². The average Bonchev–Trinajstić information content (AvgIpc) is 2.29. The molecule has 0 saturated heterocycles. The van der Waals surface area contributed by atoms with E-state index in [1.54, 1.807) is 0 Å². The van der Waals surface area contributed by atoms with E-state index in [-0.39, 0.29) is 0 Å². The van der Waals surface area contributed by atoms with Crippen molar-refractivity contribution in [3.63, 3.8) is 0 Å². The van der Waals surface area contributed by atoms with E-state index in [1.165, 1.54) is 17.8 Å². The van der Waals surface area contributed by atoms with Crippen LogP contribution in [0.4, 0.5) is 11.4 Å². The number of fused-ring (bicyclic) bond motifs is 1. The van der Waals surface area contributed by atoms with Crippen molar-refractivity contribution in [3.8, 4) is 0 Å². The summed E-state index contributed by atoms with van der Waals surface area (Å²) in [5, 5.41) is 0. The van der Waals surface area contributed by atoms with Crippen molar-refractivity contribution in [3.05, 3.63) is 24.3 Å². The molecular weight excluding hydrogens is 184 g/mol. The van der Waals surface area contributed by atoms with Gasteiger partial charge in [-0.25, -0.2) is 0 Å². The van der Waals surface area contributed by atoms with Gasteiger partial charge in [-0.3, -0.25) is 0 Å². The fourth-order valence-corrected chi connectivity index (χ4v) is 2.21. The van der Waals surface area contributed by atoms with Crippen LogP contribution in [0.5, 0.6) is 0 Å². The van der Waals surface area contributed by atoms with Gasteiger partial charge in [-0.05, 0) is 25.5 Å². The Bertz CT molecular complexity index is 335. The van der Waals surface area contributed by atoms with E-state index < -0.39 is 0 Å². The molecule has 0 N–H and O–H groups in total. The molecule has 2 nitrogen and oxygen atoms in total. The Morgan fingerprint density at radius 1 is 1.20 bits per heavy atom. The molecule has 0 radical (unpaired) electrons. The van der Waals surface area contributed by atoms with Gasteiger partial charge in [0.05, 0.1) is 11.4 Å². The van der Waals surface area contributed by atoms with Crippen molar-refractivity contribution >= 4 is 11.4 Å². The predicted octanol–water partition coefficient (Wildman–Crippen LogP) is 2.74. The van der Waals surface area contributed by atoms with Gasteiger partial charge in [0.15, 0.2) is 0 Å². The van der Waals surface area contributed by atoms with Crippen molar-refractivity contribution in [1.29, 1.82) is 0 Å². The van der Waals surface area contributed by atoms with Gasteiger partial charge in [-0.15, -0.1) is 0 Å². The number of rotatable bonds is 2. The molecule has 0 bridgehead atoms. The van der Waals surface area contributed by atoms with Gasteiger partial charge in [-0.1, -0.05) is 19.1 Å². The topological polar surface area (TPSA) is 6.48 Å².